The van der Waals surface area contributed by atoms with Gasteiger partial charge in [-0.1, -0.05) is 31.2 Å². The Morgan fingerprint density at radius 1 is 1.13 bits per heavy atom. The predicted octanol–water partition coefficient (Wildman–Crippen LogP) is 3.07. The minimum absolute atomic E-state index is 0.0580. The van der Waals surface area contributed by atoms with E-state index in [1.54, 1.807) is 7.11 Å². The van der Waals surface area contributed by atoms with Gasteiger partial charge < -0.3 is 15.4 Å². The highest BCUT2D eigenvalue weighted by molar-refractivity contribution is 5.88. The van der Waals surface area contributed by atoms with Gasteiger partial charge in [0.15, 0.2) is 0 Å². The zero-order chi connectivity index (χ0) is 16.8. The first-order chi connectivity index (χ1) is 11.0. The first-order valence-corrected chi connectivity index (χ1v) is 8.14. The zero-order valence-corrected chi connectivity index (χ0v) is 14.3. The lowest BCUT2D eigenvalue weighted by Crippen LogP contribution is -2.40. The van der Waals surface area contributed by atoms with E-state index < -0.39 is 0 Å². The summed E-state index contributed by atoms with van der Waals surface area (Å²) in [7, 11) is 1.66. The number of hydrogen-bond acceptors (Lipinski definition) is 3. The van der Waals surface area contributed by atoms with E-state index in [0.29, 0.717) is 6.54 Å². The van der Waals surface area contributed by atoms with Crippen LogP contribution in [0.25, 0.3) is 10.8 Å². The Balaban J connectivity index is 2.08. The molecule has 4 nitrogen and oxygen atoms in total. The molecular formula is C19H26N2O2. The second-order valence-electron chi connectivity index (χ2n) is 5.90. The summed E-state index contributed by atoms with van der Waals surface area (Å²) in [5, 5.41) is 8.53. The largest absolute Gasteiger partial charge is 0.497 e. The van der Waals surface area contributed by atoms with Gasteiger partial charge in [-0.3, -0.25) is 4.79 Å². The summed E-state index contributed by atoms with van der Waals surface area (Å²) in [4.78, 5) is 12.3. The maximum atomic E-state index is 12.3. The molecule has 2 aromatic rings. The van der Waals surface area contributed by atoms with Crippen molar-refractivity contribution in [2.24, 2.45) is 0 Å². The van der Waals surface area contributed by atoms with Gasteiger partial charge in [0.25, 0.3) is 0 Å². The lowest BCUT2D eigenvalue weighted by molar-refractivity contribution is -0.122. The smallest absolute Gasteiger partial charge is 0.227 e. The van der Waals surface area contributed by atoms with Crippen molar-refractivity contribution in [2.45, 2.75) is 32.7 Å². The number of benzene rings is 2. The number of likely N-dealkylation sites (N-methyl/N-ethyl adjacent to an activating group) is 1. The molecule has 0 fully saturated rings. The van der Waals surface area contributed by atoms with Gasteiger partial charge in [-0.15, -0.1) is 0 Å². The van der Waals surface area contributed by atoms with Gasteiger partial charge in [0.2, 0.25) is 5.91 Å². The van der Waals surface area contributed by atoms with Crippen LogP contribution in [0.5, 0.6) is 5.75 Å². The van der Waals surface area contributed by atoms with Crippen molar-refractivity contribution < 1.29 is 9.53 Å². The summed E-state index contributed by atoms with van der Waals surface area (Å²) in [6.45, 7) is 7.61. The molecule has 0 aliphatic heterocycles. The van der Waals surface area contributed by atoms with Gasteiger partial charge >= 0.3 is 0 Å². The van der Waals surface area contributed by atoms with E-state index >= 15 is 0 Å². The molecule has 0 saturated heterocycles. The van der Waals surface area contributed by atoms with Gasteiger partial charge in [0.1, 0.15) is 5.75 Å². The normalized spacial score (nSPS) is 13.6. The summed E-state index contributed by atoms with van der Waals surface area (Å²) in [6.07, 6.45) is 0. The number of rotatable bonds is 7. The number of hydrogen-bond donors (Lipinski definition) is 2. The molecule has 1 amide bonds. The maximum Gasteiger partial charge on any atom is 0.227 e. The van der Waals surface area contributed by atoms with Gasteiger partial charge in [0, 0.05) is 12.6 Å². The molecule has 0 saturated carbocycles. The standard InChI is InChI=1S/C19H26N2O2/c1-5-20-13(2)12-21-19(22)14(3)15-6-7-17-11-18(23-4)9-8-16(17)10-15/h6-11,13-14,20H,5,12H2,1-4H3,(H,21,22)/t13-,14?/m1/s1. The van der Waals surface area contributed by atoms with Crippen molar-refractivity contribution in [1.29, 1.82) is 0 Å². The summed E-state index contributed by atoms with van der Waals surface area (Å²) in [5.74, 6) is 0.728. The third-order valence-electron chi connectivity index (χ3n) is 4.10. The van der Waals surface area contributed by atoms with Gasteiger partial charge in [-0.05, 0) is 48.9 Å². The van der Waals surface area contributed by atoms with Crippen molar-refractivity contribution in [3.8, 4) is 5.75 Å². The van der Waals surface area contributed by atoms with E-state index in [0.717, 1.165) is 28.6 Å². The van der Waals surface area contributed by atoms with Crippen molar-refractivity contribution in [1.82, 2.24) is 10.6 Å². The van der Waals surface area contributed by atoms with Crippen LogP contribution in [0, 0.1) is 0 Å². The van der Waals surface area contributed by atoms with Crippen LogP contribution in [0.1, 0.15) is 32.3 Å². The average molecular weight is 314 g/mol. The Kier molecular flexibility index (Phi) is 5.99. The van der Waals surface area contributed by atoms with Crippen LogP contribution in [0.4, 0.5) is 0 Å². The lowest BCUT2D eigenvalue weighted by atomic mass is 9.97. The molecule has 124 valence electrons. The second kappa shape index (κ2) is 7.97. The molecule has 23 heavy (non-hydrogen) atoms. The van der Waals surface area contributed by atoms with Crippen LogP contribution in [-0.4, -0.2) is 32.1 Å². The van der Waals surface area contributed by atoms with Crippen LogP contribution in [0.15, 0.2) is 36.4 Å². The molecule has 2 rings (SSSR count). The minimum atomic E-state index is -0.171. The van der Waals surface area contributed by atoms with Gasteiger partial charge in [-0.2, -0.15) is 0 Å². The summed E-state index contributed by atoms with van der Waals surface area (Å²) >= 11 is 0. The molecular weight excluding hydrogens is 288 g/mol. The summed E-state index contributed by atoms with van der Waals surface area (Å²) in [6, 6.07) is 12.4. The van der Waals surface area contributed by atoms with E-state index in [4.69, 9.17) is 4.74 Å². The molecule has 0 heterocycles. The third-order valence-corrected chi connectivity index (χ3v) is 4.10. The molecule has 4 heteroatoms. The molecule has 0 radical (unpaired) electrons. The molecule has 0 bridgehead atoms. The topological polar surface area (TPSA) is 50.4 Å². The monoisotopic (exact) mass is 314 g/mol. The van der Waals surface area contributed by atoms with Crippen LogP contribution >= 0.6 is 0 Å². The van der Waals surface area contributed by atoms with Crippen molar-refractivity contribution >= 4 is 16.7 Å². The molecule has 1 unspecified atom stereocenters. The number of carbonyl (C=O) groups excluding carboxylic acids is 1. The minimum Gasteiger partial charge on any atom is -0.497 e. The van der Waals surface area contributed by atoms with Crippen LogP contribution in [0.2, 0.25) is 0 Å². The summed E-state index contributed by atoms with van der Waals surface area (Å²) < 4.78 is 5.24. The fourth-order valence-electron chi connectivity index (χ4n) is 2.62. The lowest BCUT2D eigenvalue weighted by Gasteiger charge is -2.17. The first-order valence-electron chi connectivity index (χ1n) is 8.14. The molecule has 2 aromatic carbocycles. The number of carbonyl (C=O) groups is 1. The van der Waals surface area contributed by atoms with Gasteiger partial charge in [-0.25, -0.2) is 0 Å². The maximum absolute atomic E-state index is 12.3. The van der Waals surface area contributed by atoms with Crippen LogP contribution in [-0.2, 0) is 4.79 Å². The highest BCUT2D eigenvalue weighted by Crippen LogP contribution is 2.25. The SMILES string of the molecule is CCN[C@H](C)CNC(=O)C(C)c1ccc2cc(OC)ccc2c1. The Morgan fingerprint density at radius 3 is 2.52 bits per heavy atom. The summed E-state index contributed by atoms with van der Waals surface area (Å²) in [5.41, 5.74) is 1.02. The van der Waals surface area contributed by atoms with Crippen LogP contribution in [0.3, 0.4) is 0 Å². The highest BCUT2D eigenvalue weighted by Gasteiger charge is 2.16. The molecule has 2 atom stereocenters. The van der Waals surface area contributed by atoms with Crippen molar-refractivity contribution in [3.63, 3.8) is 0 Å². The Hall–Kier alpha value is -2.07. The Morgan fingerprint density at radius 2 is 1.83 bits per heavy atom. The quantitative estimate of drug-likeness (QED) is 0.826. The van der Waals surface area contributed by atoms with Crippen molar-refractivity contribution in [3.05, 3.63) is 42.0 Å². The van der Waals surface area contributed by atoms with E-state index in [2.05, 4.69) is 30.5 Å². The number of ether oxygens (including phenoxy) is 1. The van der Waals surface area contributed by atoms with Gasteiger partial charge in [0.05, 0.1) is 13.0 Å². The number of methoxy groups -OCH3 is 1. The third kappa shape index (κ3) is 4.45. The first kappa shape index (κ1) is 17.3. The number of amides is 1. The van der Waals surface area contributed by atoms with E-state index in [1.165, 1.54) is 0 Å². The fourth-order valence-corrected chi connectivity index (χ4v) is 2.62. The molecule has 2 N–H and O–H groups in total. The van der Waals surface area contributed by atoms with Crippen LogP contribution < -0.4 is 15.4 Å². The molecule has 0 spiro atoms. The Bertz CT molecular complexity index is 669. The zero-order valence-electron chi connectivity index (χ0n) is 14.3. The number of fused-ring (bicyclic) bond motifs is 1. The number of nitrogens with one attached hydrogen (secondary N) is 2. The fraction of sp³-hybridized carbons (Fsp3) is 0.421. The van der Waals surface area contributed by atoms with E-state index in [-0.39, 0.29) is 17.9 Å². The molecule has 0 aliphatic rings. The highest BCUT2D eigenvalue weighted by atomic mass is 16.5. The Labute approximate surface area is 138 Å². The van der Waals surface area contributed by atoms with E-state index in [9.17, 15) is 4.79 Å². The van der Waals surface area contributed by atoms with E-state index in [1.807, 2.05) is 37.3 Å². The molecule has 0 aromatic heterocycles. The second-order valence-corrected chi connectivity index (χ2v) is 5.90. The predicted molar refractivity (Wildman–Crippen MR) is 95.1 cm³/mol. The average Bonchev–Trinajstić information content (AvgIpc) is 2.58. The van der Waals surface area contributed by atoms with Crippen molar-refractivity contribution in [2.75, 3.05) is 20.2 Å². The molecule has 0 aliphatic carbocycles.